The molecule has 1 aromatic heterocycles. The molecule has 0 bridgehead atoms. The van der Waals surface area contributed by atoms with Gasteiger partial charge in [0.15, 0.2) is 0 Å². The Balaban J connectivity index is 1.48. The summed E-state index contributed by atoms with van der Waals surface area (Å²) in [5.74, 6) is 0.109. The molecule has 132 valence electrons. The fraction of sp³-hybridized carbons (Fsp3) is 0.474. The van der Waals surface area contributed by atoms with E-state index in [-0.39, 0.29) is 5.91 Å². The highest BCUT2D eigenvalue weighted by atomic mass is 16.2. The van der Waals surface area contributed by atoms with Crippen LogP contribution < -0.4 is 5.32 Å². The quantitative estimate of drug-likeness (QED) is 0.916. The molecule has 1 atom stereocenters. The highest BCUT2D eigenvalue weighted by molar-refractivity contribution is 5.95. The largest absolute Gasteiger partial charge is 0.337 e. The first-order valence-corrected chi connectivity index (χ1v) is 9.08. The third-order valence-electron chi connectivity index (χ3n) is 5.36. The van der Waals surface area contributed by atoms with Gasteiger partial charge in [0.05, 0.1) is 23.1 Å². The molecular weight excluding hydrogens is 314 g/mol. The first kappa shape index (κ1) is 16.3. The molecule has 0 saturated carbocycles. The molecule has 6 heteroatoms. The number of rotatable bonds is 3. The Morgan fingerprint density at radius 1 is 1.16 bits per heavy atom. The number of hydrogen-bond donors (Lipinski definition) is 1. The molecule has 4 rings (SSSR count). The van der Waals surface area contributed by atoms with Gasteiger partial charge in [-0.3, -0.25) is 9.69 Å². The molecule has 2 saturated heterocycles. The average molecular weight is 339 g/mol. The standard InChI is InChI=1S/C19H25N5O/c1-15-18(13-21-24(15)16-5-3-2-4-6-16)19(25)23-10-7-17(14-23)22-11-8-20-9-12-22/h2-6,13,17,20H,7-12,14H2,1H3. The molecule has 0 spiro atoms. The number of hydrogen-bond acceptors (Lipinski definition) is 4. The van der Waals surface area contributed by atoms with Crippen LogP contribution in [0.1, 0.15) is 22.5 Å². The van der Waals surface area contributed by atoms with Crippen molar-refractivity contribution in [2.75, 3.05) is 39.3 Å². The van der Waals surface area contributed by atoms with Crippen molar-refractivity contribution in [3.63, 3.8) is 0 Å². The maximum absolute atomic E-state index is 13.0. The maximum atomic E-state index is 13.0. The second kappa shape index (κ2) is 6.98. The van der Waals surface area contributed by atoms with Gasteiger partial charge in [0.25, 0.3) is 5.91 Å². The topological polar surface area (TPSA) is 53.4 Å². The van der Waals surface area contributed by atoms with Crippen LogP contribution in [0.2, 0.25) is 0 Å². The maximum Gasteiger partial charge on any atom is 0.257 e. The summed E-state index contributed by atoms with van der Waals surface area (Å²) < 4.78 is 1.84. The summed E-state index contributed by atoms with van der Waals surface area (Å²) in [5, 5.41) is 7.83. The molecule has 2 aromatic rings. The summed E-state index contributed by atoms with van der Waals surface area (Å²) in [6.07, 6.45) is 2.78. The lowest BCUT2D eigenvalue weighted by Crippen LogP contribution is -2.49. The van der Waals surface area contributed by atoms with Crippen LogP contribution in [0.15, 0.2) is 36.5 Å². The van der Waals surface area contributed by atoms with Gasteiger partial charge < -0.3 is 10.2 Å². The van der Waals surface area contributed by atoms with Crippen molar-refractivity contribution in [2.45, 2.75) is 19.4 Å². The van der Waals surface area contributed by atoms with Gasteiger partial charge in [0.1, 0.15) is 0 Å². The van der Waals surface area contributed by atoms with E-state index < -0.39 is 0 Å². The molecule has 0 radical (unpaired) electrons. The Hall–Kier alpha value is -2.18. The van der Waals surface area contributed by atoms with E-state index in [0.29, 0.717) is 11.6 Å². The molecule has 1 amide bonds. The number of nitrogens with zero attached hydrogens (tertiary/aromatic N) is 4. The summed E-state index contributed by atoms with van der Waals surface area (Å²) in [4.78, 5) is 17.5. The highest BCUT2D eigenvalue weighted by Crippen LogP contribution is 2.21. The second-order valence-corrected chi connectivity index (χ2v) is 6.87. The Morgan fingerprint density at radius 3 is 2.68 bits per heavy atom. The Kier molecular flexibility index (Phi) is 4.55. The number of aromatic nitrogens is 2. The van der Waals surface area contributed by atoms with Crippen molar-refractivity contribution in [2.24, 2.45) is 0 Å². The zero-order chi connectivity index (χ0) is 17.2. The molecule has 1 unspecified atom stereocenters. The molecule has 25 heavy (non-hydrogen) atoms. The van der Waals surface area contributed by atoms with Crippen LogP contribution in [-0.2, 0) is 0 Å². The normalized spacial score (nSPS) is 21.6. The molecule has 2 fully saturated rings. The smallest absolute Gasteiger partial charge is 0.257 e. The van der Waals surface area contributed by atoms with Crippen molar-refractivity contribution >= 4 is 5.91 Å². The number of amides is 1. The number of likely N-dealkylation sites (tertiary alicyclic amines) is 1. The lowest BCUT2D eigenvalue weighted by atomic mass is 10.2. The average Bonchev–Trinajstić information content (AvgIpc) is 3.30. The van der Waals surface area contributed by atoms with Crippen LogP contribution in [0, 0.1) is 6.92 Å². The number of carbonyl (C=O) groups excluding carboxylic acids is 1. The van der Waals surface area contributed by atoms with Crippen molar-refractivity contribution < 1.29 is 4.79 Å². The molecule has 6 nitrogen and oxygen atoms in total. The molecule has 1 aromatic carbocycles. The predicted octanol–water partition coefficient (Wildman–Crippen LogP) is 1.30. The van der Waals surface area contributed by atoms with Crippen molar-refractivity contribution in [3.05, 3.63) is 47.8 Å². The van der Waals surface area contributed by atoms with E-state index in [9.17, 15) is 4.79 Å². The SMILES string of the molecule is Cc1c(C(=O)N2CCC(N3CCNCC3)C2)cnn1-c1ccccc1. The Morgan fingerprint density at radius 2 is 1.92 bits per heavy atom. The molecule has 2 aliphatic rings. The van der Waals surface area contributed by atoms with E-state index in [1.54, 1.807) is 6.20 Å². The van der Waals surface area contributed by atoms with Crippen LogP contribution in [0.4, 0.5) is 0 Å². The van der Waals surface area contributed by atoms with Crippen molar-refractivity contribution in [3.8, 4) is 5.69 Å². The van der Waals surface area contributed by atoms with E-state index in [0.717, 1.165) is 57.1 Å². The van der Waals surface area contributed by atoms with Crippen LogP contribution in [0.25, 0.3) is 5.69 Å². The van der Waals surface area contributed by atoms with Crippen LogP contribution in [0.3, 0.4) is 0 Å². The lowest BCUT2D eigenvalue weighted by molar-refractivity contribution is 0.0772. The summed E-state index contributed by atoms with van der Waals surface area (Å²) in [5.41, 5.74) is 2.60. The van der Waals surface area contributed by atoms with E-state index in [4.69, 9.17) is 0 Å². The molecule has 1 N–H and O–H groups in total. The van der Waals surface area contributed by atoms with Gasteiger partial charge in [-0.25, -0.2) is 4.68 Å². The van der Waals surface area contributed by atoms with Gasteiger partial charge in [-0.1, -0.05) is 18.2 Å². The van der Waals surface area contributed by atoms with Gasteiger partial charge in [-0.05, 0) is 25.5 Å². The molecule has 2 aliphatic heterocycles. The number of para-hydroxylation sites is 1. The summed E-state index contributed by atoms with van der Waals surface area (Å²) in [6, 6.07) is 10.5. The fourth-order valence-electron chi connectivity index (χ4n) is 3.89. The second-order valence-electron chi connectivity index (χ2n) is 6.87. The first-order chi connectivity index (χ1) is 12.2. The Bertz CT molecular complexity index is 736. The van der Waals surface area contributed by atoms with E-state index in [1.165, 1.54) is 0 Å². The number of carbonyl (C=O) groups is 1. The van der Waals surface area contributed by atoms with E-state index in [1.807, 2.05) is 46.8 Å². The minimum atomic E-state index is 0.109. The van der Waals surface area contributed by atoms with Gasteiger partial charge >= 0.3 is 0 Å². The summed E-state index contributed by atoms with van der Waals surface area (Å²) in [7, 11) is 0. The van der Waals surface area contributed by atoms with E-state index in [2.05, 4.69) is 15.3 Å². The number of benzene rings is 1. The zero-order valence-corrected chi connectivity index (χ0v) is 14.7. The predicted molar refractivity (Wildman–Crippen MR) is 97.1 cm³/mol. The minimum Gasteiger partial charge on any atom is -0.337 e. The molecule has 3 heterocycles. The van der Waals surface area contributed by atoms with Crippen molar-refractivity contribution in [1.82, 2.24) is 24.9 Å². The highest BCUT2D eigenvalue weighted by Gasteiger charge is 2.32. The molecular formula is C19H25N5O. The van der Waals surface area contributed by atoms with Gasteiger partial charge in [-0.2, -0.15) is 5.10 Å². The first-order valence-electron chi connectivity index (χ1n) is 9.08. The van der Waals surface area contributed by atoms with Crippen LogP contribution >= 0.6 is 0 Å². The zero-order valence-electron chi connectivity index (χ0n) is 14.7. The number of piperazine rings is 1. The lowest BCUT2D eigenvalue weighted by Gasteiger charge is -2.32. The monoisotopic (exact) mass is 339 g/mol. The minimum absolute atomic E-state index is 0.109. The van der Waals surface area contributed by atoms with Gasteiger partial charge in [0.2, 0.25) is 0 Å². The molecule has 0 aliphatic carbocycles. The van der Waals surface area contributed by atoms with Gasteiger partial charge in [-0.15, -0.1) is 0 Å². The third-order valence-corrected chi connectivity index (χ3v) is 5.36. The van der Waals surface area contributed by atoms with Crippen LogP contribution in [-0.4, -0.2) is 70.8 Å². The number of nitrogens with one attached hydrogen (secondary N) is 1. The Labute approximate surface area is 148 Å². The van der Waals surface area contributed by atoms with Gasteiger partial charge in [0, 0.05) is 45.3 Å². The fourth-order valence-corrected chi connectivity index (χ4v) is 3.89. The van der Waals surface area contributed by atoms with Crippen molar-refractivity contribution in [1.29, 1.82) is 0 Å². The van der Waals surface area contributed by atoms with E-state index >= 15 is 0 Å². The van der Waals surface area contributed by atoms with Crippen LogP contribution in [0.5, 0.6) is 0 Å². The summed E-state index contributed by atoms with van der Waals surface area (Å²) in [6.45, 7) is 7.89. The third kappa shape index (κ3) is 3.19. The summed E-state index contributed by atoms with van der Waals surface area (Å²) >= 11 is 0.